The maximum absolute atomic E-state index is 13.1. The molecule has 3 saturated carbocycles. The van der Waals surface area contributed by atoms with Crippen molar-refractivity contribution in [2.45, 2.75) is 189 Å². The number of hydrogen-bond acceptors (Lipinski definition) is 21. The molecule has 6 saturated heterocycles. The van der Waals surface area contributed by atoms with Gasteiger partial charge in [-0.15, -0.1) is 0 Å². The van der Waals surface area contributed by atoms with Gasteiger partial charge >= 0.3 is 0 Å². The molecule has 0 aromatic carbocycles. The van der Waals surface area contributed by atoms with Crippen molar-refractivity contribution in [2.24, 2.45) is 0 Å². The van der Waals surface area contributed by atoms with Gasteiger partial charge in [0.25, 0.3) is 35.4 Å². The molecule has 6 bridgehead atoms. The van der Waals surface area contributed by atoms with E-state index in [2.05, 4.69) is 75.5 Å². The van der Waals surface area contributed by atoms with Gasteiger partial charge in [-0.3, -0.25) is 28.8 Å². The quantitative estimate of drug-likeness (QED) is 0.0556. The molecule has 6 amide bonds. The summed E-state index contributed by atoms with van der Waals surface area (Å²) in [5.41, 5.74) is 5.97. The Morgan fingerprint density at radius 1 is 0.342 bits per heavy atom. The number of carbonyl (C=O) groups excluding carboxylic acids is 6. The van der Waals surface area contributed by atoms with Crippen molar-refractivity contribution in [3.05, 3.63) is 126 Å². The van der Waals surface area contributed by atoms with Gasteiger partial charge in [0.1, 0.15) is 51.5 Å². The summed E-state index contributed by atoms with van der Waals surface area (Å²) in [5, 5.41) is 22.9. The fourth-order valence-corrected chi connectivity index (χ4v) is 18.0. The number of pyridine rings is 3. The van der Waals surface area contributed by atoms with E-state index in [0.29, 0.717) is 105 Å². The Hall–Kier alpha value is -10.6. The number of aromatic nitrogens is 12. The number of nitrogens with one attached hydrogen (secondary N) is 6. The molecule has 0 spiro atoms. The van der Waals surface area contributed by atoms with Crippen LogP contribution in [0.5, 0.6) is 0 Å². The molecule has 0 radical (unpaired) electrons. The highest BCUT2D eigenvalue weighted by Gasteiger charge is 2.37. The van der Waals surface area contributed by atoms with Crippen molar-refractivity contribution in [1.29, 1.82) is 0 Å². The van der Waals surface area contributed by atoms with E-state index in [-0.39, 0.29) is 53.6 Å². The zero-order chi connectivity index (χ0) is 76.6. The summed E-state index contributed by atoms with van der Waals surface area (Å²) >= 11 is 0. The predicted octanol–water partition coefficient (Wildman–Crippen LogP) is 10.1. The first-order valence-corrected chi connectivity index (χ1v) is 40.0. The monoisotopic (exact) mass is 1510 g/mol. The summed E-state index contributed by atoms with van der Waals surface area (Å²) in [6, 6.07) is 20.0. The molecule has 582 valence electrons. The molecule has 6 aliphatic heterocycles. The SMILES string of the molecule is CN(C)C(=O)c1cc2cnc(Nc3ccc(C(=O)N4CCC5CCC(C4)N5)cn3)nc2n1C1CCCC1.CN(C)C(=O)c1cc2cnc(Nc3ccc(C(=O)N4CC[C@@H]5CC[C@H](C4)N5)cn3)nc2n1C1CCCC1.CN(C)C(=O)c1cc2cnc(Nc3ccc(C(=O)N4CC[C@H]5CC[C@@H](C4)N5)cn3)nc2n1C1CCCC1. The minimum Gasteiger partial charge on any atom is -0.343 e. The van der Waals surface area contributed by atoms with Crippen LogP contribution in [0.2, 0.25) is 0 Å². The molecule has 15 heterocycles. The standard InChI is InChI=1S/3C27H34N8O2/c3*1-33(2)26(37)22-13-18-15-29-27(32-24(18)35(22)21-5-3-4-6-21)31-23-10-7-17(14-28-23)25(36)34-12-11-19-8-9-20(16-34)30-19/h3*7,10,13-15,19-21,30H,3-6,8-9,11-12,16H2,1-2H3,(H,28,29,31,32)/t2*19-,20+;/m10./s1. The van der Waals surface area contributed by atoms with Crippen LogP contribution in [-0.4, -0.2) is 241 Å². The van der Waals surface area contributed by atoms with E-state index in [0.717, 1.165) is 188 Å². The first-order chi connectivity index (χ1) is 53.9. The van der Waals surface area contributed by atoms with Crippen molar-refractivity contribution in [1.82, 2.24) is 104 Å². The van der Waals surface area contributed by atoms with Gasteiger partial charge in [-0.05, 0) is 151 Å². The van der Waals surface area contributed by atoms with E-state index in [9.17, 15) is 28.8 Å². The Kier molecular flexibility index (Phi) is 21.7. The summed E-state index contributed by atoms with van der Waals surface area (Å²) < 4.78 is 6.28. The van der Waals surface area contributed by atoms with E-state index in [1.165, 1.54) is 19.3 Å². The van der Waals surface area contributed by atoms with Gasteiger partial charge in [-0.1, -0.05) is 38.5 Å². The highest BCUT2D eigenvalue weighted by atomic mass is 16.2. The van der Waals surface area contributed by atoms with Crippen LogP contribution in [0.25, 0.3) is 33.1 Å². The Labute approximate surface area is 645 Å². The predicted molar refractivity (Wildman–Crippen MR) is 423 cm³/mol. The van der Waals surface area contributed by atoms with E-state index in [4.69, 9.17) is 15.0 Å². The van der Waals surface area contributed by atoms with E-state index >= 15 is 0 Å². The van der Waals surface area contributed by atoms with Crippen molar-refractivity contribution in [3.8, 4) is 0 Å². The minimum atomic E-state index is -0.0330. The number of anilines is 6. The molecule has 9 aromatic heterocycles. The second kappa shape index (κ2) is 32.4. The highest BCUT2D eigenvalue weighted by Crippen LogP contribution is 2.39. The van der Waals surface area contributed by atoms with Gasteiger partial charge in [-0.2, -0.15) is 15.0 Å². The number of likely N-dealkylation sites (tertiary alicyclic amines) is 3. The molecule has 18 rings (SSSR count). The maximum Gasteiger partial charge on any atom is 0.270 e. The van der Waals surface area contributed by atoms with Gasteiger partial charge < -0.3 is 75.0 Å². The lowest BCUT2D eigenvalue weighted by Crippen LogP contribution is -2.39. The van der Waals surface area contributed by atoms with Crippen molar-refractivity contribution >= 4 is 104 Å². The fraction of sp³-hybridized carbons (Fsp3) is 0.519. The lowest BCUT2D eigenvalue weighted by Gasteiger charge is -2.24. The minimum absolute atomic E-state index is 0.0264. The van der Waals surface area contributed by atoms with Crippen molar-refractivity contribution < 1.29 is 28.8 Å². The zero-order valence-corrected chi connectivity index (χ0v) is 64.4. The van der Waals surface area contributed by atoms with Crippen LogP contribution in [0.3, 0.4) is 0 Å². The zero-order valence-electron chi connectivity index (χ0n) is 64.4. The van der Waals surface area contributed by atoms with Crippen LogP contribution in [0.1, 0.15) is 216 Å². The number of nitrogens with zero attached hydrogens (tertiary/aromatic N) is 18. The molecule has 30 heteroatoms. The molecular weight excluding hydrogens is 1410 g/mol. The molecule has 2 unspecified atom stereocenters. The first-order valence-electron chi connectivity index (χ1n) is 40.0. The molecule has 6 N–H and O–H groups in total. The molecule has 3 aliphatic carbocycles. The van der Waals surface area contributed by atoms with Crippen LogP contribution in [0.4, 0.5) is 35.3 Å². The molecule has 9 aromatic rings. The lowest BCUT2D eigenvalue weighted by molar-refractivity contribution is 0.0740. The first kappa shape index (κ1) is 74.5. The molecule has 9 aliphatic rings. The van der Waals surface area contributed by atoms with Gasteiger partial charge in [-0.25, -0.2) is 29.9 Å². The fourth-order valence-electron chi connectivity index (χ4n) is 18.0. The Balaban J connectivity index is 0.000000126. The average molecular weight is 1510 g/mol. The van der Waals surface area contributed by atoms with E-state index in [1.54, 1.807) is 112 Å². The van der Waals surface area contributed by atoms with Crippen molar-refractivity contribution in [2.75, 3.05) is 97.5 Å². The summed E-state index contributed by atoms with van der Waals surface area (Å²) in [5.74, 6) is 2.91. The molecule has 111 heavy (non-hydrogen) atoms. The molecule has 9 fully saturated rings. The highest BCUT2D eigenvalue weighted by molar-refractivity contribution is 6.00. The average Bonchev–Trinajstić information content (AvgIpc) is 1.63. The second-order valence-electron chi connectivity index (χ2n) is 32.2. The number of fused-ring (bicyclic) bond motifs is 9. The molecule has 30 nitrogen and oxygen atoms in total. The number of amides is 6. The topological polar surface area (TPSA) is 325 Å². The van der Waals surface area contributed by atoms with Crippen LogP contribution < -0.4 is 31.9 Å². The third-order valence-corrected chi connectivity index (χ3v) is 23.9. The number of hydrogen-bond donors (Lipinski definition) is 6. The van der Waals surface area contributed by atoms with Crippen LogP contribution in [0, 0.1) is 0 Å². The molecule has 6 atom stereocenters. The normalized spacial score (nSPS) is 21.8. The van der Waals surface area contributed by atoms with E-state index < -0.39 is 0 Å². The summed E-state index contributed by atoms with van der Waals surface area (Å²) in [6.07, 6.45) is 33.3. The van der Waals surface area contributed by atoms with Gasteiger partial charge in [0.2, 0.25) is 17.8 Å². The van der Waals surface area contributed by atoms with Gasteiger partial charge in [0.15, 0.2) is 0 Å². The third-order valence-electron chi connectivity index (χ3n) is 23.9. The van der Waals surface area contributed by atoms with Crippen LogP contribution in [0.15, 0.2) is 91.8 Å². The maximum atomic E-state index is 13.1. The van der Waals surface area contributed by atoms with E-state index in [1.807, 2.05) is 51.1 Å². The smallest absolute Gasteiger partial charge is 0.270 e. The van der Waals surface area contributed by atoms with Crippen LogP contribution in [-0.2, 0) is 0 Å². The number of carbonyl (C=O) groups is 6. The third kappa shape index (κ3) is 16.2. The van der Waals surface area contributed by atoms with Gasteiger partial charge in [0, 0.05) is 189 Å². The van der Waals surface area contributed by atoms with Crippen LogP contribution >= 0.6 is 0 Å². The largest absolute Gasteiger partial charge is 0.343 e. The van der Waals surface area contributed by atoms with Crippen molar-refractivity contribution in [3.63, 3.8) is 0 Å². The Morgan fingerprint density at radius 2 is 0.613 bits per heavy atom. The second-order valence-corrected chi connectivity index (χ2v) is 32.2. The summed E-state index contributed by atoms with van der Waals surface area (Å²) in [6.45, 7) is 4.59. The Morgan fingerprint density at radius 3 is 0.865 bits per heavy atom. The Bertz CT molecular complexity index is 4420. The molecular formula is C81H102N24O6. The number of rotatable bonds is 15. The van der Waals surface area contributed by atoms with Gasteiger partial charge in [0.05, 0.1) is 16.7 Å². The lowest BCUT2D eigenvalue weighted by atomic mass is 10.1. The summed E-state index contributed by atoms with van der Waals surface area (Å²) in [7, 11) is 10.6. The summed E-state index contributed by atoms with van der Waals surface area (Å²) in [4.78, 5) is 130.